The maximum Gasteiger partial charge on any atom is 0.107 e. The number of aliphatic hydroxyl groups is 1. The molecule has 1 aliphatic heterocycles. The van der Waals surface area contributed by atoms with Crippen molar-refractivity contribution in [3.63, 3.8) is 0 Å². The molecule has 1 aromatic rings. The van der Waals surface area contributed by atoms with Crippen LogP contribution in [0.4, 0.5) is 0 Å². The quantitative estimate of drug-likeness (QED) is 0.753. The summed E-state index contributed by atoms with van der Waals surface area (Å²) in [6.07, 6.45) is 7.68. The normalized spacial score (nSPS) is 27.6. The molecule has 0 amide bonds. The molecule has 3 rings (SSSR count). The summed E-state index contributed by atoms with van der Waals surface area (Å²) in [5, 5.41) is 10.7. The van der Waals surface area contributed by atoms with Gasteiger partial charge in [-0.2, -0.15) is 0 Å². The van der Waals surface area contributed by atoms with Gasteiger partial charge in [0.15, 0.2) is 0 Å². The molecule has 1 aliphatic carbocycles. The van der Waals surface area contributed by atoms with Crippen molar-refractivity contribution in [3.05, 3.63) is 19.8 Å². The first-order valence-electron chi connectivity index (χ1n) is 7.36. The van der Waals surface area contributed by atoms with Gasteiger partial charge in [-0.05, 0) is 53.6 Å². The first-order valence-corrected chi connectivity index (χ1v) is 9.35. The van der Waals surface area contributed by atoms with Gasteiger partial charge in [-0.1, -0.05) is 30.9 Å². The Labute approximate surface area is 137 Å². The second-order valence-electron chi connectivity index (χ2n) is 6.06. The second-order valence-corrected chi connectivity index (χ2v) is 8.60. The van der Waals surface area contributed by atoms with Crippen molar-refractivity contribution in [1.29, 1.82) is 0 Å². The maximum atomic E-state index is 10.7. The molecule has 2 heterocycles. The molecule has 0 bridgehead atoms. The Kier molecular flexibility index (Phi) is 4.78. The molecule has 5 heteroatoms. The van der Waals surface area contributed by atoms with E-state index in [4.69, 9.17) is 16.3 Å². The van der Waals surface area contributed by atoms with Gasteiger partial charge in [0, 0.05) is 16.0 Å². The number of rotatable bonds is 2. The molecule has 1 saturated carbocycles. The zero-order chi connectivity index (χ0) is 14.2. The Hall–Kier alpha value is 0.390. The summed E-state index contributed by atoms with van der Waals surface area (Å²) < 4.78 is 7.72. The molecule has 0 aromatic carbocycles. The molecule has 2 nitrogen and oxygen atoms in total. The van der Waals surface area contributed by atoms with Crippen molar-refractivity contribution in [2.75, 3.05) is 6.61 Å². The highest BCUT2D eigenvalue weighted by Crippen LogP contribution is 2.46. The Morgan fingerprint density at radius 2 is 2.15 bits per heavy atom. The zero-order valence-electron chi connectivity index (χ0n) is 11.4. The maximum absolute atomic E-state index is 10.7. The van der Waals surface area contributed by atoms with Gasteiger partial charge in [0.2, 0.25) is 0 Å². The predicted octanol–water partition coefficient (Wildman–Crippen LogP) is 5.33. The van der Waals surface area contributed by atoms with Gasteiger partial charge >= 0.3 is 0 Å². The van der Waals surface area contributed by atoms with Crippen molar-refractivity contribution in [2.45, 2.75) is 56.7 Å². The van der Waals surface area contributed by atoms with Gasteiger partial charge in [0.25, 0.3) is 0 Å². The summed E-state index contributed by atoms with van der Waals surface area (Å²) >= 11 is 11.0. The van der Waals surface area contributed by atoms with E-state index in [0.29, 0.717) is 5.92 Å². The van der Waals surface area contributed by atoms with Crippen LogP contribution in [-0.2, 0) is 4.74 Å². The minimum Gasteiger partial charge on any atom is -0.387 e. The number of thiophene rings is 1. The highest BCUT2D eigenvalue weighted by Gasteiger charge is 2.41. The number of ether oxygens (including phenoxy) is 1. The van der Waals surface area contributed by atoms with Gasteiger partial charge in [0.1, 0.15) is 4.34 Å². The molecule has 2 unspecified atom stereocenters. The lowest BCUT2D eigenvalue weighted by molar-refractivity contribution is -0.133. The van der Waals surface area contributed by atoms with Crippen LogP contribution in [0.2, 0.25) is 4.34 Å². The summed E-state index contributed by atoms with van der Waals surface area (Å²) in [4.78, 5) is 0.972. The summed E-state index contributed by atoms with van der Waals surface area (Å²) in [5.41, 5.74) is 0.0421. The Balaban J connectivity index is 1.72. The predicted molar refractivity (Wildman–Crippen MR) is 86.5 cm³/mol. The average Bonchev–Trinajstić information content (AvgIpc) is 2.79. The van der Waals surface area contributed by atoms with Crippen LogP contribution in [0.5, 0.6) is 0 Å². The molecule has 1 aromatic heterocycles. The van der Waals surface area contributed by atoms with E-state index in [0.717, 1.165) is 46.0 Å². The van der Waals surface area contributed by atoms with E-state index < -0.39 is 6.10 Å². The summed E-state index contributed by atoms with van der Waals surface area (Å²) in [6.45, 7) is 0.780. The second kappa shape index (κ2) is 6.25. The zero-order valence-corrected chi connectivity index (χ0v) is 14.6. The van der Waals surface area contributed by atoms with Crippen LogP contribution in [0.3, 0.4) is 0 Å². The molecule has 1 N–H and O–H groups in total. The third kappa shape index (κ3) is 3.09. The van der Waals surface area contributed by atoms with Crippen LogP contribution >= 0.6 is 38.9 Å². The minimum absolute atomic E-state index is 0.0421. The number of hydrogen-bond donors (Lipinski definition) is 1. The highest BCUT2D eigenvalue weighted by molar-refractivity contribution is 9.10. The highest BCUT2D eigenvalue weighted by atomic mass is 79.9. The van der Waals surface area contributed by atoms with E-state index >= 15 is 0 Å². The van der Waals surface area contributed by atoms with E-state index in [1.54, 1.807) is 0 Å². The van der Waals surface area contributed by atoms with E-state index in [2.05, 4.69) is 15.9 Å². The van der Waals surface area contributed by atoms with Crippen molar-refractivity contribution >= 4 is 38.9 Å². The molecule has 112 valence electrons. The lowest BCUT2D eigenvalue weighted by Gasteiger charge is -2.44. The molecule has 1 saturated heterocycles. The van der Waals surface area contributed by atoms with Gasteiger partial charge in [-0.25, -0.2) is 0 Å². The molecule has 2 fully saturated rings. The summed E-state index contributed by atoms with van der Waals surface area (Å²) in [5.74, 6) is 0.295. The fraction of sp³-hybridized carbons (Fsp3) is 0.733. The minimum atomic E-state index is -0.411. The van der Waals surface area contributed by atoms with E-state index in [1.807, 2.05) is 6.07 Å². The van der Waals surface area contributed by atoms with Crippen molar-refractivity contribution in [2.24, 2.45) is 5.92 Å². The van der Waals surface area contributed by atoms with Gasteiger partial charge < -0.3 is 9.84 Å². The standard InChI is InChI=1S/C15H20BrClO2S/c16-11-8-12(20-14(11)17)13(18)10-4-7-19-15(9-10)5-2-1-3-6-15/h8,10,13,18H,1-7,9H2. The van der Waals surface area contributed by atoms with Crippen molar-refractivity contribution in [3.8, 4) is 0 Å². The smallest absolute Gasteiger partial charge is 0.107 e. The molecular weight excluding hydrogens is 360 g/mol. The molecule has 20 heavy (non-hydrogen) atoms. The lowest BCUT2D eigenvalue weighted by Crippen LogP contribution is -2.42. The van der Waals surface area contributed by atoms with Gasteiger partial charge in [-0.3, -0.25) is 0 Å². The number of aliphatic hydroxyl groups excluding tert-OH is 1. The van der Waals surface area contributed by atoms with Crippen LogP contribution in [-0.4, -0.2) is 17.3 Å². The molecule has 2 atom stereocenters. The SMILES string of the molecule is OC(c1cc(Br)c(Cl)s1)C1CCOC2(CCCCC2)C1. The van der Waals surface area contributed by atoms with Crippen LogP contribution < -0.4 is 0 Å². The van der Waals surface area contributed by atoms with Crippen LogP contribution in [0.25, 0.3) is 0 Å². The molecule has 0 radical (unpaired) electrons. The topological polar surface area (TPSA) is 29.5 Å². The number of halogens is 2. The monoisotopic (exact) mass is 378 g/mol. The van der Waals surface area contributed by atoms with Crippen LogP contribution in [0.15, 0.2) is 10.5 Å². The molecule has 2 aliphatic rings. The van der Waals surface area contributed by atoms with E-state index in [-0.39, 0.29) is 5.60 Å². The Morgan fingerprint density at radius 1 is 1.40 bits per heavy atom. The van der Waals surface area contributed by atoms with Crippen LogP contribution in [0, 0.1) is 5.92 Å². The Bertz CT molecular complexity index is 445. The van der Waals surface area contributed by atoms with Gasteiger partial charge in [0.05, 0.1) is 11.7 Å². The van der Waals surface area contributed by atoms with Crippen molar-refractivity contribution < 1.29 is 9.84 Å². The summed E-state index contributed by atoms with van der Waals surface area (Å²) in [6, 6.07) is 1.96. The molecule has 1 spiro atoms. The largest absolute Gasteiger partial charge is 0.387 e. The average molecular weight is 380 g/mol. The third-order valence-electron chi connectivity index (χ3n) is 4.70. The first kappa shape index (κ1) is 15.3. The van der Waals surface area contributed by atoms with E-state index in [1.165, 1.54) is 30.6 Å². The fourth-order valence-electron chi connectivity index (χ4n) is 3.62. The fourth-order valence-corrected chi connectivity index (χ4v) is 5.44. The number of hydrogen-bond acceptors (Lipinski definition) is 3. The van der Waals surface area contributed by atoms with E-state index in [9.17, 15) is 5.11 Å². The summed E-state index contributed by atoms with van der Waals surface area (Å²) in [7, 11) is 0. The molecular formula is C15H20BrClO2S. The lowest BCUT2D eigenvalue weighted by atomic mass is 9.74. The van der Waals surface area contributed by atoms with Crippen molar-refractivity contribution in [1.82, 2.24) is 0 Å². The van der Waals surface area contributed by atoms with Crippen LogP contribution in [0.1, 0.15) is 55.9 Å². The first-order chi connectivity index (χ1) is 9.60. The third-order valence-corrected chi connectivity index (χ3v) is 7.24. The Morgan fingerprint density at radius 3 is 2.80 bits per heavy atom. The van der Waals surface area contributed by atoms with Gasteiger partial charge in [-0.15, -0.1) is 11.3 Å².